The third kappa shape index (κ3) is 3.38. The van der Waals surface area contributed by atoms with Crippen LogP contribution in [0.15, 0.2) is 0 Å². The topological polar surface area (TPSA) is 35.5 Å². The van der Waals surface area contributed by atoms with Gasteiger partial charge in [0, 0.05) is 0 Å². The van der Waals surface area contributed by atoms with Crippen LogP contribution in [0.25, 0.3) is 0 Å². The fourth-order valence-electron chi connectivity index (χ4n) is 1.62. The van der Waals surface area contributed by atoms with E-state index in [0.29, 0.717) is 13.2 Å². The van der Waals surface area contributed by atoms with Crippen molar-refractivity contribution < 1.29 is 13.6 Å². The van der Waals surface area contributed by atoms with Gasteiger partial charge in [-0.1, -0.05) is 19.8 Å². The first-order valence-electron chi connectivity index (χ1n) is 5.51. The Morgan fingerprint density at radius 2 is 1.79 bits per heavy atom. The van der Waals surface area contributed by atoms with Crippen LogP contribution in [-0.4, -0.2) is 18.9 Å². The summed E-state index contributed by atoms with van der Waals surface area (Å²) in [5, 5.41) is 0. The second kappa shape index (κ2) is 5.29. The molecule has 1 aliphatic rings. The van der Waals surface area contributed by atoms with Crippen molar-refractivity contribution in [2.75, 3.05) is 13.2 Å². The Labute approximate surface area is 86.7 Å². The molecule has 4 heteroatoms. The Morgan fingerprint density at radius 3 is 2.14 bits per heavy atom. The van der Waals surface area contributed by atoms with E-state index in [0.717, 1.165) is 12.3 Å². The zero-order chi connectivity index (χ0) is 10.6. The highest BCUT2D eigenvalue weighted by Crippen LogP contribution is 2.56. The van der Waals surface area contributed by atoms with Crippen LogP contribution >= 0.6 is 7.60 Å². The van der Waals surface area contributed by atoms with Gasteiger partial charge in [-0.2, -0.15) is 0 Å². The molecule has 0 amide bonds. The molecule has 84 valence electrons. The van der Waals surface area contributed by atoms with Gasteiger partial charge in [0.25, 0.3) is 0 Å². The second-order valence-corrected chi connectivity index (χ2v) is 6.38. The molecule has 1 unspecified atom stereocenters. The number of hydrogen-bond donors (Lipinski definition) is 0. The molecule has 0 saturated heterocycles. The molecular weight excluding hydrogens is 199 g/mol. The first-order valence-corrected chi connectivity index (χ1v) is 7.12. The summed E-state index contributed by atoms with van der Waals surface area (Å²) in [6.07, 6.45) is 3.54. The molecular formula is C10H21O3P. The lowest BCUT2D eigenvalue weighted by molar-refractivity contribution is 0.211. The van der Waals surface area contributed by atoms with Gasteiger partial charge in [0.1, 0.15) is 0 Å². The minimum Gasteiger partial charge on any atom is -0.309 e. The summed E-state index contributed by atoms with van der Waals surface area (Å²) >= 11 is 0. The quantitative estimate of drug-likeness (QED) is 0.616. The summed E-state index contributed by atoms with van der Waals surface area (Å²) in [5.41, 5.74) is 0.0508. The predicted octanol–water partition coefficient (Wildman–Crippen LogP) is 3.44. The lowest BCUT2D eigenvalue weighted by Gasteiger charge is -2.23. The largest absolute Gasteiger partial charge is 0.333 e. The Kier molecular flexibility index (Phi) is 4.62. The highest BCUT2D eigenvalue weighted by molar-refractivity contribution is 7.54. The molecule has 1 rings (SSSR count). The van der Waals surface area contributed by atoms with E-state index < -0.39 is 7.60 Å². The maximum Gasteiger partial charge on any atom is 0.333 e. The predicted molar refractivity (Wildman–Crippen MR) is 57.7 cm³/mol. The number of hydrogen-bond acceptors (Lipinski definition) is 3. The van der Waals surface area contributed by atoms with Crippen LogP contribution in [0, 0.1) is 5.92 Å². The lowest BCUT2D eigenvalue weighted by Crippen LogP contribution is -2.10. The monoisotopic (exact) mass is 220 g/mol. The smallest absolute Gasteiger partial charge is 0.309 e. The van der Waals surface area contributed by atoms with E-state index in [1.807, 2.05) is 20.8 Å². The molecule has 0 aliphatic heterocycles. The molecule has 1 fully saturated rings. The summed E-state index contributed by atoms with van der Waals surface area (Å²) in [4.78, 5) is 0. The Bertz CT molecular complexity index is 203. The molecule has 14 heavy (non-hydrogen) atoms. The SMILES string of the molecule is CCOP(=O)(OCC)C(C)CC1CC1. The molecule has 1 atom stereocenters. The minimum absolute atomic E-state index is 0.0508. The Morgan fingerprint density at radius 1 is 1.29 bits per heavy atom. The van der Waals surface area contributed by atoms with Gasteiger partial charge in [0.15, 0.2) is 0 Å². The fourth-order valence-corrected chi connectivity index (χ4v) is 3.48. The van der Waals surface area contributed by atoms with Crippen molar-refractivity contribution >= 4 is 7.60 Å². The van der Waals surface area contributed by atoms with E-state index >= 15 is 0 Å². The Hall–Kier alpha value is 0.150. The third-order valence-corrected chi connectivity index (χ3v) is 5.06. The molecule has 3 nitrogen and oxygen atoms in total. The zero-order valence-electron chi connectivity index (χ0n) is 9.36. The average Bonchev–Trinajstić information content (AvgIpc) is 2.89. The first kappa shape index (κ1) is 12.2. The van der Waals surface area contributed by atoms with Crippen molar-refractivity contribution in [3.63, 3.8) is 0 Å². The van der Waals surface area contributed by atoms with Crippen molar-refractivity contribution in [1.29, 1.82) is 0 Å². The van der Waals surface area contributed by atoms with E-state index in [-0.39, 0.29) is 5.66 Å². The van der Waals surface area contributed by atoms with Crippen molar-refractivity contribution in [1.82, 2.24) is 0 Å². The maximum atomic E-state index is 12.2. The summed E-state index contributed by atoms with van der Waals surface area (Å²) in [6, 6.07) is 0. The standard InChI is InChI=1S/C10H21O3P/c1-4-12-14(11,13-5-2)9(3)8-10-6-7-10/h9-10H,4-8H2,1-3H3. The summed E-state index contributed by atoms with van der Waals surface area (Å²) in [5.74, 6) is 0.763. The van der Waals surface area contributed by atoms with Crippen LogP contribution in [0.4, 0.5) is 0 Å². The molecule has 0 bridgehead atoms. The van der Waals surface area contributed by atoms with E-state index in [1.165, 1.54) is 12.8 Å². The van der Waals surface area contributed by atoms with Gasteiger partial charge in [-0.05, 0) is 26.2 Å². The van der Waals surface area contributed by atoms with Gasteiger partial charge in [-0.25, -0.2) is 0 Å². The van der Waals surface area contributed by atoms with Crippen LogP contribution in [0.3, 0.4) is 0 Å². The number of rotatable bonds is 7. The van der Waals surface area contributed by atoms with Crippen molar-refractivity contribution in [2.24, 2.45) is 5.92 Å². The average molecular weight is 220 g/mol. The summed E-state index contributed by atoms with van der Waals surface area (Å²) < 4.78 is 22.8. The molecule has 1 aliphatic carbocycles. The summed E-state index contributed by atoms with van der Waals surface area (Å²) in [6.45, 7) is 6.62. The van der Waals surface area contributed by atoms with E-state index in [9.17, 15) is 4.57 Å². The van der Waals surface area contributed by atoms with E-state index in [1.54, 1.807) is 0 Å². The molecule has 0 heterocycles. The van der Waals surface area contributed by atoms with E-state index in [2.05, 4.69) is 0 Å². The van der Waals surface area contributed by atoms with Crippen LogP contribution in [0.2, 0.25) is 0 Å². The van der Waals surface area contributed by atoms with Gasteiger partial charge < -0.3 is 9.05 Å². The molecule has 0 aromatic carbocycles. The van der Waals surface area contributed by atoms with Gasteiger partial charge in [0.2, 0.25) is 0 Å². The van der Waals surface area contributed by atoms with Gasteiger partial charge in [0.05, 0.1) is 18.9 Å². The van der Waals surface area contributed by atoms with E-state index in [4.69, 9.17) is 9.05 Å². The molecule has 1 saturated carbocycles. The van der Waals surface area contributed by atoms with Crippen LogP contribution in [0.5, 0.6) is 0 Å². The highest BCUT2D eigenvalue weighted by atomic mass is 31.2. The van der Waals surface area contributed by atoms with Crippen LogP contribution in [-0.2, 0) is 13.6 Å². The molecule has 0 aromatic rings. The van der Waals surface area contributed by atoms with Gasteiger partial charge in [-0.15, -0.1) is 0 Å². The summed E-state index contributed by atoms with van der Waals surface area (Å²) in [7, 11) is -2.82. The molecule has 0 aromatic heterocycles. The van der Waals surface area contributed by atoms with Gasteiger partial charge in [-0.3, -0.25) is 4.57 Å². The zero-order valence-corrected chi connectivity index (χ0v) is 10.3. The third-order valence-electron chi connectivity index (χ3n) is 2.53. The van der Waals surface area contributed by atoms with Gasteiger partial charge >= 0.3 is 7.60 Å². The normalized spacial score (nSPS) is 19.6. The lowest BCUT2D eigenvalue weighted by atomic mass is 10.2. The molecule has 0 spiro atoms. The second-order valence-electron chi connectivity index (χ2n) is 3.90. The van der Waals surface area contributed by atoms with Crippen molar-refractivity contribution in [3.05, 3.63) is 0 Å². The first-order chi connectivity index (χ1) is 6.62. The van der Waals surface area contributed by atoms with Crippen LogP contribution in [0.1, 0.15) is 40.0 Å². The Balaban J connectivity index is 2.49. The van der Waals surface area contributed by atoms with Crippen LogP contribution < -0.4 is 0 Å². The minimum atomic E-state index is -2.82. The molecule has 0 N–H and O–H groups in total. The maximum absolute atomic E-state index is 12.2. The molecule has 0 radical (unpaired) electrons. The van der Waals surface area contributed by atoms with Crippen molar-refractivity contribution in [3.8, 4) is 0 Å². The highest BCUT2D eigenvalue weighted by Gasteiger charge is 2.36. The fraction of sp³-hybridized carbons (Fsp3) is 1.00. The van der Waals surface area contributed by atoms with Crippen molar-refractivity contribution in [2.45, 2.75) is 45.7 Å².